The molecule has 0 saturated carbocycles. The number of anilines is 1. The molecule has 0 fully saturated rings. The maximum atomic E-state index is 12.0. The minimum absolute atomic E-state index is 0.101. The van der Waals surface area contributed by atoms with Gasteiger partial charge < -0.3 is 5.32 Å². The number of amides is 1. The van der Waals surface area contributed by atoms with Gasteiger partial charge in [-0.2, -0.15) is 0 Å². The zero-order valence-electron chi connectivity index (χ0n) is 12.8. The number of carbonyl (C=O) groups excluding carboxylic acids is 1. The van der Waals surface area contributed by atoms with Crippen LogP contribution >= 0.6 is 34.7 Å². The monoisotopic (exact) mass is 379 g/mol. The van der Waals surface area contributed by atoms with E-state index >= 15 is 0 Å². The Labute approximate surface area is 151 Å². The maximum Gasteiger partial charge on any atom is 0.258 e. The lowest BCUT2D eigenvalue weighted by Gasteiger charge is -2.07. The fraction of sp³-hybridized carbons (Fsp3) is 0.188. The molecule has 2 heterocycles. The van der Waals surface area contributed by atoms with E-state index in [2.05, 4.69) is 10.3 Å². The van der Waals surface area contributed by atoms with Gasteiger partial charge in [-0.3, -0.25) is 14.0 Å². The molecule has 0 bridgehead atoms. The highest BCUT2D eigenvalue weighted by atomic mass is 35.5. The smallest absolute Gasteiger partial charge is 0.258 e. The summed E-state index contributed by atoms with van der Waals surface area (Å²) in [6.07, 6.45) is 1.70. The van der Waals surface area contributed by atoms with Gasteiger partial charge in [0.05, 0.1) is 11.4 Å². The predicted molar refractivity (Wildman–Crippen MR) is 100 cm³/mol. The number of rotatable bonds is 5. The van der Waals surface area contributed by atoms with E-state index in [1.165, 1.54) is 33.6 Å². The molecule has 8 heteroatoms. The minimum Gasteiger partial charge on any atom is -0.325 e. The highest BCUT2D eigenvalue weighted by molar-refractivity contribution is 7.99. The van der Waals surface area contributed by atoms with E-state index in [4.69, 9.17) is 11.6 Å². The molecule has 0 unspecified atom stereocenters. The number of thiazole rings is 1. The Morgan fingerprint density at radius 3 is 3.04 bits per heavy atom. The Hall–Kier alpha value is -1.83. The number of benzene rings is 1. The van der Waals surface area contributed by atoms with Gasteiger partial charge in [-0.05, 0) is 24.6 Å². The Morgan fingerprint density at radius 1 is 1.42 bits per heavy atom. The van der Waals surface area contributed by atoms with Gasteiger partial charge in [0.25, 0.3) is 5.56 Å². The summed E-state index contributed by atoms with van der Waals surface area (Å²) in [5, 5.41) is 5.24. The first-order valence-corrected chi connectivity index (χ1v) is 9.54. The van der Waals surface area contributed by atoms with Crippen molar-refractivity contribution in [3.05, 3.63) is 62.5 Å². The molecule has 1 amide bonds. The second kappa shape index (κ2) is 7.38. The zero-order chi connectivity index (χ0) is 17.1. The van der Waals surface area contributed by atoms with E-state index in [0.29, 0.717) is 27.1 Å². The summed E-state index contributed by atoms with van der Waals surface area (Å²) in [5.74, 6) is 0.664. The zero-order valence-corrected chi connectivity index (χ0v) is 15.2. The summed E-state index contributed by atoms with van der Waals surface area (Å²) >= 11 is 8.86. The third-order valence-corrected chi connectivity index (χ3v) is 5.42. The number of carbonyl (C=O) groups is 1. The molecular weight excluding hydrogens is 366 g/mol. The van der Waals surface area contributed by atoms with Crippen molar-refractivity contribution in [2.45, 2.75) is 12.7 Å². The van der Waals surface area contributed by atoms with E-state index in [1.54, 1.807) is 12.3 Å². The van der Waals surface area contributed by atoms with Crippen molar-refractivity contribution in [2.75, 3.05) is 11.1 Å². The van der Waals surface area contributed by atoms with Crippen LogP contribution in [-0.4, -0.2) is 21.0 Å². The lowest BCUT2D eigenvalue weighted by Crippen LogP contribution is -2.15. The molecule has 0 aliphatic carbocycles. The molecule has 3 rings (SSSR count). The van der Waals surface area contributed by atoms with Crippen LogP contribution < -0.4 is 10.9 Å². The normalized spacial score (nSPS) is 10.9. The molecule has 124 valence electrons. The first kappa shape index (κ1) is 17.0. The van der Waals surface area contributed by atoms with Crippen molar-refractivity contribution in [1.82, 2.24) is 9.38 Å². The van der Waals surface area contributed by atoms with Gasteiger partial charge in [0.2, 0.25) is 5.91 Å². The number of aryl methyl sites for hydroxylation is 1. The van der Waals surface area contributed by atoms with Gasteiger partial charge in [0, 0.05) is 34.1 Å². The minimum atomic E-state index is -0.117. The first-order valence-electron chi connectivity index (χ1n) is 7.12. The Bertz CT molecular complexity index is 952. The fourth-order valence-corrected chi connectivity index (χ4v) is 3.71. The molecule has 2 aromatic heterocycles. The van der Waals surface area contributed by atoms with Crippen LogP contribution in [0.4, 0.5) is 5.69 Å². The van der Waals surface area contributed by atoms with E-state index < -0.39 is 0 Å². The Morgan fingerprint density at radius 2 is 2.25 bits per heavy atom. The topological polar surface area (TPSA) is 63.5 Å². The van der Waals surface area contributed by atoms with E-state index in [9.17, 15) is 9.59 Å². The average molecular weight is 380 g/mol. The second-order valence-electron chi connectivity index (χ2n) is 5.15. The third kappa shape index (κ3) is 3.98. The molecule has 24 heavy (non-hydrogen) atoms. The summed E-state index contributed by atoms with van der Waals surface area (Å²) in [5.41, 5.74) is 2.21. The number of hydrogen-bond donors (Lipinski definition) is 1. The average Bonchev–Trinajstić information content (AvgIpc) is 3.00. The highest BCUT2D eigenvalue weighted by Gasteiger charge is 2.07. The molecule has 5 nitrogen and oxygen atoms in total. The standard InChI is InChI=1S/C16H14ClN3O2S2/c1-10-2-3-11(6-13(10)17)18-14(21)9-23-8-12-7-15(22)20-4-5-24-16(20)19-12/h2-7H,8-9H2,1H3,(H,18,21). The van der Waals surface area contributed by atoms with Crippen molar-refractivity contribution < 1.29 is 4.79 Å². The second-order valence-corrected chi connectivity index (χ2v) is 7.41. The molecule has 0 atom stereocenters. The van der Waals surface area contributed by atoms with Crippen LogP contribution in [0.5, 0.6) is 0 Å². The van der Waals surface area contributed by atoms with Gasteiger partial charge in [0.1, 0.15) is 0 Å². The largest absolute Gasteiger partial charge is 0.325 e. The molecule has 0 aliphatic heterocycles. The van der Waals surface area contributed by atoms with Crippen LogP contribution in [-0.2, 0) is 10.5 Å². The van der Waals surface area contributed by atoms with Crippen LogP contribution in [0.3, 0.4) is 0 Å². The molecule has 0 saturated heterocycles. The summed E-state index contributed by atoms with van der Waals surface area (Å²) in [7, 11) is 0. The van der Waals surface area contributed by atoms with Gasteiger partial charge in [-0.15, -0.1) is 23.1 Å². The SMILES string of the molecule is Cc1ccc(NC(=O)CSCc2cc(=O)n3ccsc3n2)cc1Cl. The number of thioether (sulfide) groups is 1. The van der Waals surface area contributed by atoms with E-state index in [-0.39, 0.29) is 17.2 Å². The molecule has 3 aromatic rings. The summed E-state index contributed by atoms with van der Waals surface area (Å²) in [6.45, 7) is 1.91. The predicted octanol–water partition coefficient (Wildman–Crippen LogP) is 3.59. The Balaban J connectivity index is 1.56. The number of nitrogens with one attached hydrogen (secondary N) is 1. The van der Waals surface area contributed by atoms with E-state index in [0.717, 1.165) is 5.56 Å². The van der Waals surface area contributed by atoms with Crippen molar-refractivity contribution in [1.29, 1.82) is 0 Å². The lowest BCUT2D eigenvalue weighted by atomic mass is 10.2. The number of aromatic nitrogens is 2. The van der Waals surface area contributed by atoms with Crippen LogP contribution in [0.15, 0.2) is 40.6 Å². The molecule has 1 aromatic carbocycles. The highest BCUT2D eigenvalue weighted by Crippen LogP contribution is 2.20. The third-order valence-electron chi connectivity index (χ3n) is 3.29. The number of hydrogen-bond acceptors (Lipinski definition) is 5. The van der Waals surface area contributed by atoms with Crippen molar-refractivity contribution in [3.8, 4) is 0 Å². The lowest BCUT2D eigenvalue weighted by molar-refractivity contribution is -0.113. The molecule has 0 radical (unpaired) electrons. The van der Waals surface area contributed by atoms with Gasteiger partial charge in [0.15, 0.2) is 4.96 Å². The maximum absolute atomic E-state index is 12.0. The van der Waals surface area contributed by atoms with Crippen molar-refractivity contribution in [2.24, 2.45) is 0 Å². The molecule has 0 aliphatic rings. The summed E-state index contributed by atoms with van der Waals surface area (Å²) < 4.78 is 1.51. The molecule has 1 N–H and O–H groups in total. The summed E-state index contributed by atoms with van der Waals surface area (Å²) in [4.78, 5) is 28.9. The summed E-state index contributed by atoms with van der Waals surface area (Å²) in [6, 6.07) is 6.91. The number of halogens is 1. The van der Waals surface area contributed by atoms with Crippen LogP contribution in [0, 0.1) is 6.92 Å². The quantitative estimate of drug-likeness (QED) is 0.735. The molecular formula is C16H14ClN3O2S2. The Kier molecular flexibility index (Phi) is 5.23. The van der Waals surface area contributed by atoms with Gasteiger partial charge in [-0.25, -0.2) is 4.98 Å². The van der Waals surface area contributed by atoms with Crippen molar-refractivity contribution >= 4 is 51.3 Å². The number of fused-ring (bicyclic) bond motifs is 1. The first-order chi connectivity index (χ1) is 11.5. The van der Waals surface area contributed by atoms with Crippen LogP contribution in [0.2, 0.25) is 5.02 Å². The van der Waals surface area contributed by atoms with E-state index in [1.807, 2.05) is 24.4 Å². The van der Waals surface area contributed by atoms with Crippen LogP contribution in [0.1, 0.15) is 11.3 Å². The van der Waals surface area contributed by atoms with Crippen LogP contribution in [0.25, 0.3) is 4.96 Å². The van der Waals surface area contributed by atoms with Crippen molar-refractivity contribution in [3.63, 3.8) is 0 Å². The van der Waals surface area contributed by atoms with Gasteiger partial charge >= 0.3 is 0 Å². The number of nitrogens with zero attached hydrogens (tertiary/aromatic N) is 2. The fourth-order valence-electron chi connectivity index (χ4n) is 2.08. The van der Waals surface area contributed by atoms with Gasteiger partial charge in [-0.1, -0.05) is 17.7 Å². The molecule has 0 spiro atoms.